The molecule has 0 aliphatic rings. The molecule has 0 bridgehead atoms. The van der Waals surface area contributed by atoms with E-state index in [-0.39, 0.29) is 19.0 Å². The van der Waals surface area contributed by atoms with Crippen LogP contribution in [-0.4, -0.2) is 31.4 Å². The van der Waals surface area contributed by atoms with E-state index in [1.165, 1.54) is 9.13 Å². The number of halogens is 1. The van der Waals surface area contributed by atoms with Crippen molar-refractivity contribution in [1.82, 2.24) is 24.2 Å². The highest BCUT2D eigenvalue weighted by Crippen LogP contribution is 2.15. The van der Waals surface area contributed by atoms with Gasteiger partial charge in [0.15, 0.2) is 0 Å². The number of nitrogens with one attached hydrogen (secondary N) is 1. The Labute approximate surface area is 207 Å². The fourth-order valence-electron chi connectivity index (χ4n) is 4.39. The van der Waals surface area contributed by atoms with E-state index in [4.69, 9.17) is 11.6 Å². The van der Waals surface area contributed by atoms with Gasteiger partial charge >= 0.3 is 11.1 Å². The van der Waals surface area contributed by atoms with E-state index < -0.39 is 11.1 Å². The van der Waals surface area contributed by atoms with Crippen molar-refractivity contribution in [2.75, 3.05) is 6.54 Å². The van der Waals surface area contributed by atoms with Gasteiger partial charge in [-0.1, -0.05) is 35.9 Å². The van der Waals surface area contributed by atoms with Gasteiger partial charge in [0.2, 0.25) is 5.91 Å². The zero-order valence-corrected chi connectivity index (χ0v) is 20.8. The third-order valence-corrected chi connectivity index (χ3v) is 6.47. The SMILES string of the molecule is CCn1nc(C)c(CCNC(=O)Cn2c(=O)c(=O)n(Cc3ccc(Cl)cc3)c3ccccc32)c1C. The lowest BCUT2D eigenvalue weighted by atomic mass is 10.1. The van der Waals surface area contributed by atoms with Gasteiger partial charge < -0.3 is 5.32 Å². The van der Waals surface area contributed by atoms with Crippen molar-refractivity contribution in [1.29, 1.82) is 0 Å². The summed E-state index contributed by atoms with van der Waals surface area (Å²) in [5.41, 5.74) is 3.69. The molecule has 0 aliphatic carbocycles. The van der Waals surface area contributed by atoms with Crippen LogP contribution in [0.1, 0.15) is 29.4 Å². The number of carbonyl (C=O) groups excluding carboxylic acids is 1. The Hall–Kier alpha value is -3.65. The second-order valence-electron chi connectivity index (χ2n) is 8.46. The highest BCUT2D eigenvalue weighted by molar-refractivity contribution is 6.30. The van der Waals surface area contributed by atoms with Crippen LogP contribution < -0.4 is 16.4 Å². The van der Waals surface area contributed by atoms with Crippen LogP contribution in [-0.2, 0) is 30.8 Å². The largest absolute Gasteiger partial charge is 0.354 e. The minimum absolute atomic E-state index is 0.225. The molecule has 0 saturated heterocycles. The van der Waals surface area contributed by atoms with Crippen molar-refractivity contribution >= 4 is 28.5 Å². The van der Waals surface area contributed by atoms with Gasteiger partial charge in [0.05, 0.1) is 23.3 Å². The summed E-state index contributed by atoms with van der Waals surface area (Å²) < 4.78 is 4.63. The smallest absolute Gasteiger partial charge is 0.317 e. The average molecular weight is 494 g/mol. The lowest BCUT2D eigenvalue weighted by Crippen LogP contribution is -2.44. The first-order valence-electron chi connectivity index (χ1n) is 11.6. The van der Waals surface area contributed by atoms with Crippen LogP contribution in [0.3, 0.4) is 0 Å². The van der Waals surface area contributed by atoms with E-state index in [1.54, 1.807) is 36.4 Å². The maximum atomic E-state index is 13.0. The summed E-state index contributed by atoms with van der Waals surface area (Å²) in [6, 6.07) is 14.2. The fourth-order valence-corrected chi connectivity index (χ4v) is 4.51. The number of hydrogen-bond donors (Lipinski definition) is 1. The Balaban J connectivity index is 1.56. The van der Waals surface area contributed by atoms with E-state index in [9.17, 15) is 14.4 Å². The highest BCUT2D eigenvalue weighted by Gasteiger charge is 2.16. The lowest BCUT2D eigenvalue weighted by Gasteiger charge is -2.15. The standard InChI is InChI=1S/C26H28ClN5O3/c1-4-32-18(3)21(17(2)29-32)13-14-28-24(33)16-31-23-8-6-5-7-22(23)30(25(34)26(31)35)15-19-9-11-20(27)12-10-19/h5-12H,4,13-16H2,1-3H3,(H,28,33). The maximum Gasteiger partial charge on any atom is 0.317 e. The molecule has 8 nitrogen and oxygen atoms in total. The number of carbonyl (C=O) groups is 1. The van der Waals surface area contributed by atoms with Gasteiger partial charge in [-0.2, -0.15) is 5.10 Å². The van der Waals surface area contributed by atoms with Crippen LogP contribution in [0.2, 0.25) is 5.02 Å². The van der Waals surface area contributed by atoms with Gasteiger partial charge in [-0.15, -0.1) is 0 Å². The second kappa shape index (κ2) is 10.3. The highest BCUT2D eigenvalue weighted by atomic mass is 35.5. The topological polar surface area (TPSA) is 90.9 Å². The second-order valence-corrected chi connectivity index (χ2v) is 8.90. The molecule has 35 heavy (non-hydrogen) atoms. The van der Waals surface area contributed by atoms with Crippen molar-refractivity contribution in [3.63, 3.8) is 0 Å². The number of aromatic nitrogens is 4. The summed E-state index contributed by atoms with van der Waals surface area (Å²) in [4.78, 5) is 38.8. The molecule has 2 aromatic carbocycles. The quantitative estimate of drug-likeness (QED) is 0.382. The van der Waals surface area contributed by atoms with Crippen molar-refractivity contribution < 1.29 is 4.79 Å². The van der Waals surface area contributed by atoms with Crippen molar-refractivity contribution in [2.24, 2.45) is 0 Å². The van der Waals surface area contributed by atoms with Gasteiger partial charge in [-0.3, -0.25) is 28.2 Å². The van der Waals surface area contributed by atoms with Gasteiger partial charge in [0, 0.05) is 23.8 Å². The van der Waals surface area contributed by atoms with E-state index in [0.717, 1.165) is 29.1 Å². The molecular weight excluding hydrogens is 466 g/mol. The molecule has 4 rings (SSSR count). The van der Waals surface area contributed by atoms with E-state index in [0.29, 0.717) is 29.0 Å². The zero-order valence-electron chi connectivity index (χ0n) is 20.0. The number of fused-ring (bicyclic) bond motifs is 1. The molecule has 0 radical (unpaired) electrons. The molecule has 0 aliphatic heterocycles. The molecule has 2 heterocycles. The Kier molecular flexibility index (Phi) is 7.21. The van der Waals surface area contributed by atoms with Crippen molar-refractivity contribution in [3.8, 4) is 0 Å². The number of nitrogens with zero attached hydrogens (tertiary/aromatic N) is 4. The zero-order chi connectivity index (χ0) is 25.1. The maximum absolute atomic E-state index is 13.0. The van der Waals surface area contributed by atoms with Gasteiger partial charge in [0.1, 0.15) is 6.54 Å². The number of rotatable bonds is 8. The normalized spacial score (nSPS) is 11.2. The molecule has 0 unspecified atom stereocenters. The lowest BCUT2D eigenvalue weighted by molar-refractivity contribution is -0.121. The molecule has 0 atom stereocenters. The Morgan fingerprint density at radius 2 is 1.60 bits per heavy atom. The Bertz CT molecular complexity index is 1500. The third kappa shape index (κ3) is 5.07. The summed E-state index contributed by atoms with van der Waals surface area (Å²) in [5.74, 6) is -0.328. The molecule has 0 saturated carbocycles. The first-order valence-corrected chi connectivity index (χ1v) is 11.9. The number of benzene rings is 2. The molecule has 0 fully saturated rings. The predicted octanol–water partition coefficient (Wildman–Crippen LogP) is 3.06. The van der Waals surface area contributed by atoms with Gasteiger partial charge in [0.25, 0.3) is 0 Å². The van der Waals surface area contributed by atoms with E-state index in [1.807, 2.05) is 37.6 Å². The summed E-state index contributed by atoms with van der Waals surface area (Å²) >= 11 is 5.97. The molecule has 182 valence electrons. The monoisotopic (exact) mass is 493 g/mol. The Morgan fingerprint density at radius 3 is 2.23 bits per heavy atom. The molecule has 2 aromatic heterocycles. The van der Waals surface area contributed by atoms with Crippen LogP contribution in [0.4, 0.5) is 0 Å². The van der Waals surface area contributed by atoms with Crippen LogP contribution in [0.5, 0.6) is 0 Å². The van der Waals surface area contributed by atoms with Gasteiger partial charge in [-0.05, 0) is 62.6 Å². The van der Waals surface area contributed by atoms with Crippen LogP contribution in [0.15, 0.2) is 58.1 Å². The summed E-state index contributed by atoms with van der Waals surface area (Å²) in [6.45, 7) is 7.21. The average Bonchev–Trinajstić information content (AvgIpc) is 3.13. The minimum atomic E-state index is -0.733. The predicted molar refractivity (Wildman–Crippen MR) is 137 cm³/mol. The molecular formula is C26H28ClN5O3. The van der Waals surface area contributed by atoms with Gasteiger partial charge in [-0.25, -0.2) is 0 Å². The van der Waals surface area contributed by atoms with Crippen LogP contribution in [0, 0.1) is 13.8 Å². The van der Waals surface area contributed by atoms with E-state index >= 15 is 0 Å². The molecule has 0 spiro atoms. The van der Waals surface area contributed by atoms with Crippen LogP contribution >= 0.6 is 11.6 Å². The molecule has 1 amide bonds. The summed E-state index contributed by atoms with van der Waals surface area (Å²) in [5, 5.41) is 7.98. The minimum Gasteiger partial charge on any atom is -0.354 e. The fraction of sp³-hybridized carbons (Fsp3) is 0.308. The first kappa shape index (κ1) is 24.5. The van der Waals surface area contributed by atoms with Crippen LogP contribution in [0.25, 0.3) is 11.0 Å². The number of amides is 1. The first-order chi connectivity index (χ1) is 16.8. The van der Waals surface area contributed by atoms with E-state index in [2.05, 4.69) is 10.4 Å². The number of hydrogen-bond acceptors (Lipinski definition) is 4. The van der Waals surface area contributed by atoms with Crippen molar-refractivity contribution in [2.45, 2.75) is 46.8 Å². The molecule has 1 N–H and O–H groups in total. The van der Waals surface area contributed by atoms with Crippen molar-refractivity contribution in [3.05, 3.63) is 96.8 Å². The number of aryl methyl sites for hydroxylation is 2. The number of para-hydroxylation sites is 2. The summed E-state index contributed by atoms with van der Waals surface area (Å²) in [7, 11) is 0. The Morgan fingerprint density at radius 1 is 0.971 bits per heavy atom. The molecule has 9 heteroatoms. The third-order valence-electron chi connectivity index (χ3n) is 6.22. The molecule has 4 aromatic rings. The summed E-state index contributed by atoms with van der Waals surface area (Å²) in [6.07, 6.45) is 0.641.